The molecule has 0 saturated heterocycles. The third kappa shape index (κ3) is 2.43. The number of rotatable bonds is 4. The molecule has 22 heavy (non-hydrogen) atoms. The van der Waals surface area contributed by atoms with Crippen LogP contribution in [0, 0.1) is 6.92 Å². The van der Waals surface area contributed by atoms with Gasteiger partial charge in [0, 0.05) is 25.7 Å². The fraction of sp³-hybridized carbons (Fsp3) is 0.467. The second kappa shape index (κ2) is 5.08. The van der Waals surface area contributed by atoms with Crippen LogP contribution in [-0.2, 0) is 11.8 Å². The summed E-state index contributed by atoms with van der Waals surface area (Å²) in [6.07, 6.45) is 2.15. The number of likely N-dealkylation sites (N-methyl/N-ethyl adjacent to an activating group) is 1. The van der Waals surface area contributed by atoms with Crippen molar-refractivity contribution in [1.29, 1.82) is 0 Å². The number of aryl methyl sites for hydroxylation is 2. The van der Waals surface area contributed by atoms with Crippen LogP contribution in [0.2, 0.25) is 0 Å². The minimum Gasteiger partial charge on any atom is -0.480 e. The third-order valence-corrected chi connectivity index (χ3v) is 3.93. The van der Waals surface area contributed by atoms with E-state index in [1.165, 1.54) is 11.9 Å². The summed E-state index contributed by atoms with van der Waals surface area (Å²) in [5.74, 6) is -0.949. The first kappa shape index (κ1) is 14.5. The van der Waals surface area contributed by atoms with E-state index >= 15 is 0 Å². The van der Waals surface area contributed by atoms with Crippen molar-refractivity contribution < 1.29 is 14.7 Å². The molecule has 2 aromatic heterocycles. The van der Waals surface area contributed by atoms with Crippen LogP contribution < -0.4 is 0 Å². The van der Waals surface area contributed by atoms with Gasteiger partial charge in [-0.1, -0.05) is 0 Å². The summed E-state index contributed by atoms with van der Waals surface area (Å²) in [5, 5.41) is 13.9. The lowest BCUT2D eigenvalue weighted by molar-refractivity contribution is -0.137. The van der Waals surface area contributed by atoms with E-state index in [9.17, 15) is 9.59 Å². The summed E-state index contributed by atoms with van der Waals surface area (Å²) in [5.41, 5.74) is 2.78. The molecule has 1 amide bonds. The highest BCUT2D eigenvalue weighted by Crippen LogP contribution is 2.40. The van der Waals surface area contributed by atoms with Crippen LogP contribution in [0.15, 0.2) is 6.07 Å². The number of aliphatic carboxylic acids is 1. The lowest BCUT2D eigenvalue weighted by Crippen LogP contribution is -2.32. The zero-order chi connectivity index (χ0) is 16.0. The molecular weight excluding hydrogens is 284 g/mol. The number of pyridine rings is 1. The number of nitrogens with zero attached hydrogens (tertiary/aromatic N) is 4. The largest absolute Gasteiger partial charge is 0.480 e. The number of carboxylic acids is 1. The fourth-order valence-corrected chi connectivity index (χ4v) is 2.70. The van der Waals surface area contributed by atoms with Crippen LogP contribution in [0.1, 0.15) is 40.5 Å². The van der Waals surface area contributed by atoms with Gasteiger partial charge in [0.25, 0.3) is 5.91 Å². The van der Waals surface area contributed by atoms with Crippen molar-refractivity contribution in [2.75, 3.05) is 13.6 Å². The Morgan fingerprint density at radius 3 is 2.73 bits per heavy atom. The standard InChI is InChI=1S/C15H18N4O3/c1-8-13-10(15(22)18(2)7-12(20)21)6-11(9-4-5-9)16-14(13)19(3)17-8/h6,9H,4-5,7H2,1-3H3,(H,20,21). The summed E-state index contributed by atoms with van der Waals surface area (Å²) < 4.78 is 1.67. The molecule has 116 valence electrons. The Morgan fingerprint density at radius 2 is 2.14 bits per heavy atom. The predicted molar refractivity (Wildman–Crippen MR) is 79.8 cm³/mol. The lowest BCUT2D eigenvalue weighted by Gasteiger charge is -2.16. The molecule has 7 heteroatoms. The summed E-state index contributed by atoms with van der Waals surface area (Å²) in [4.78, 5) is 29.3. The van der Waals surface area contributed by atoms with Gasteiger partial charge in [0.2, 0.25) is 0 Å². The van der Waals surface area contributed by atoms with Crippen LogP contribution in [0.5, 0.6) is 0 Å². The van der Waals surface area contributed by atoms with E-state index in [1.54, 1.807) is 17.8 Å². The van der Waals surface area contributed by atoms with Crippen molar-refractivity contribution in [2.45, 2.75) is 25.7 Å². The number of carboxylic acid groups (broad SMARTS) is 1. The molecule has 1 fully saturated rings. The van der Waals surface area contributed by atoms with Gasteiger partial charge in [-0.3, -0.25) is 14.3 Å². The first-order valence-corrected chi connectivity index (χ1v) is 7.20. The highest BCUT2D eigenvalue weighted by molar-refractivity contribution is 6.07. The van der Waals surface area contributed by atoms with Gasteiger partial charge in [0.05, 0.1) is 16.6 Å². The molecule has 0 bridgehead atoms. The predicted octanol–water partition coefficient (Wildman–Crippen LogP) is 1.31. The van der Waals surface area contributed by atoms with E-state index in [2.05, 4.69) is 10.1 Å². The van der Waals surface area contributed by atoms with Gasteiger partial charge in [0.15, 0.2) is 5.65 Å². The Bertz CT molecular complexity index is 777. The monoisotopic (exact) mass is 302 g/mol. The van der Waals surface area contributed by atoms with Crippen LogP contribution in [0.4, 0.5) is 0 Å². The molecule has 0 aromatic carbocycles. The average molecular weight is 302 g/mol. The zero-order valence-corrected chi connectivity index (χ0v) is 12.8. The Balaban J connectivity index is 2.14. The van der Waals surface area contributed by atoms with E-state index in [1.807, 2.05) is 6.92 Å². The molecule has 0 radical (unpaired) electrons. The van der Waals surface area contributed by atoms with Crippen molar-refractivity contribution >= 4 is 22.9 Å². The molecule has 2 aromatic rings. The minimum atomic E-state index is -1.04. The van der Waals surface area contributed by atoms with Crippen LogP contribution >= 0.6 is 0 Å². The van der Waals surface area contributed by atoms with Crippen LogP contribution in [0.3, 0.4) is 0 Å². The normalized spacial score (nSPS) is 14.3. The Kier molecular flexibility index (Phi) is 3.35. The molecule has 7 nitrogen and oxygen atoms in total. The van der Waals surface area contributed by atoms with E-state index < -0.39 is 5.97 Å². The summed E-state index contributed by atoms with van der Waals surface area (Å²) in [6.45, 7) is 1.50. The lowest BCUT2D eigenvalue weighted by atomic mass is 10.1. The number of fused-ring (bicyclic) bond motifs is 1. The molecule has 0 unspecified atom stereocenters. The summed E-state index contributed by atoms with van der Waals surface area (Å²) >= 11 is 0. The van der Waals surface area contributed by atoms with Gasteiger partial charge < -0.3 is 10.0 Å². The van der Waals surface area contributed by atoms with Crippen molar-refractivity contribution in [2.24, 2.45) is 7.05 Å². The van der Waals surface area contributed by atoms with E-state index in [4.69, 9.17) is 5.11 Å². The summed E-state index contributed by atoms with van der Waals surface area (Å²) in [7, 11) is 3.29. The van der Waals surface area contributed by atoms with Crippen LogP contribution in [-0.4, -0.2) is 50.2 Å². The quantitative estimate of drug-likeness (QED) is 0.920. The van der Waals surface area contributed by atoms with Gasteiger partial charge >= 0.3 is 5.97 Å². The smallest absolute Gasteiger partial charge is 0.323 e. The maximum atomic E-state index is 12.6. The number of carbonyl (C=O) groups is 2. The topological polar surface area (TPSA) is 88.3 Å². The third-order valence-electron chi connectivity index (χ3n) is 3.93. The van der Waals surface area contributed by atoms with Gasteiger partial charge in [-0.25, -0.2) is 4.98 Å². The Hall–Kier alpha value is -2.44. The first-order valence-electron chi connectivity index (χ1n) is 7.20. The maximum absolute atomic E-state index is 12.6. The maximum Gasteiger partial charge on any atom is 0.323 e. The van der Waals surface area contributed by atoms with E-state index in [0.717, 1.165) is 24.2 Å². The van der Waals surface area contributed by atoms with Crippen molar-refractivity contribution in [1.82, 2.24) is 19.7 Å². The Morgan fingerprint density at radius 1 is 1.45 bits per heavy atom. The molecule has 0 atom stereocenters. The van der Waals surface area contributed by atoms with Crippen LogP contribution in [0.25, 0.3) is 11.0 Å². The average Bonchev–Trinajstić information content (AvgIpc) is 3.24. The highest BCUT2D eigenvalue weighted by Gasteiger charge is 2.29. The SMILES string of the molecule is Cc1nn(C)c2nc(C3CC3)cc(C(=O)N(C)CC(=O)O)c12. The molecule has 1 N–H and O–H groups in total. The molecule has 1 saturated carbocycles. The molecule has 0 aliphatic heterocycles. The molecular formula is C15H18N4O3. The first-order chi connectivity index (χ1) is 10.4. The van der Waals surface area contributed by atoms with Crippen molar-refractivity contribution in [3.8, 4) is 0 Å². The van der Waals surface area contributed by atoms with Gasteiger partial charge in [-0.05, 0) is 25.8 Å². The number of carbonyl (C=O) groups excluding carboxylic acids is 1. The highest BCUT2D eigenvalue weighted by atomic mass is 16.4. The van der Waals surface area contributed by atoms with Gasteiger partial charge in [-0.15, -0.1) is 0 Å². The van der Waals surface area contributed by atoms with E-state index in [-0.39, 0.29) is 12.5 Å². The van der Waals surface area contributed by atoms with Crippen molar-refractivity contribution in [3.63, 3.8) is 0 Å². The second-order valence-corrected chi connectivity index (χ2v) is 5.83. The molecule has 1 aliphatic rings. The zero-order valence-electron chi connectivity index (χ0n) is 12.8. The molecule has 1 aliphatic carbocycles. The molecule has 3 rings (SSSR count). The fourth-order valence-electron chi connectivity index (χ4n) is 2.70. The number of hydrogen-bond donors (Lipinski definition) is 1. The number of amides is 1. The molecule has 2 heterocycles. The number of hydrogen-bond acceptors (Lipinski definition) is 4. The molecule has 0 spiro atoms. The summed E-state index contributed by atoms with van der Waals surface area (Å²) in [6, 6.07) is 1.80. The van der Waals surface area contributed by atoms with Crippen molar-refractivity contribution in [3.05, 3.63) is 23.0 Å². The van der Waals surface area contributed by atoms with E-state index in [0.29, 0.717) is 22.5 Å². The second-order valence-electron chi connectivity index (χ2n) is 5.83. The number of aromatic nitrogens is 3. The van der Waals surface area contributed by atoms with Gasteiger partial charge in [0.1, 0.15) is 6.54 Å². The van der Waals surface area contributed by atoms with Gasteiger partial charge in [-0.2, -0.15) is 5.10 Å². The Labute approximate surface area is 127 Å². The minimum absolute atomic E-state index is 0.312.